The Morgan fingerprint density at radius 1 is 1.06 bits per heavy atom. The van der Waals surface area contributed by atoms with Gasteiger partial charge in [0.25, 0.3) is 0 Å². The van der Waals surface area contributed by atoms with Gasteiger partial charge in [0, 0.05) is 31.5 Å². The van der Waals surface area contributed by atoms with E-state index in [4.69, 9.17) is 4.74 Å². The average Bonchev–Trinajstić information content (AvgIpc) is 3.52. The first-order valence-electron chi connectivity index (χ1n) is 12.6. The number of nitrogens with one attached hydrogen (secondary N) is 1. The molecule has 1 saturated heterocycles. The second-order valence-corrected chi connectivity index (χ2v) is 10.1. The van der Waals surface area contributed by atoms with Crippen LogP contribution < -0.4 is 5.32 Å². The van der Waals surface area contributed by atoms with E-state index in [0.717, 1.165) is 6.42 Å². The van der Waals surface area contributed by atoms with Gasteiger partial charge >= 0.3 is 12.1 Å². The normalized spacial score (nSPS) is 23.0. The van der Waals surface area contributed by atoms with Crippen LogP contribution in [0.5, 0.6) is 0 Å². The Morgan fingerprint density at radius 2 is 1.71 bits per heavy atom. The molecule has 7 nitrogen and oxygen atoms in total. The van der Waals surface area contributed by atoms with Gasteiger partial charge in [-0.15, -0.1) is 0 Å². The summed E-state index contributed by atoms with van der Waals surface area (Å²) in [4.78, 5) is 38.2. The average molecular weight is 477 g/mol. The van der Waals surface area contributed by atoms with E-state index in [-0.39, 0.29) is 42.1 Å². The molecule has 2 amide bonds. The van der Waals surface area contributed by atoms with Crippen LogP contribution in [0.15, 0.2) is 48.5 Å². The molecule has 2 N–H and O–H groups in total. The molecule has 0 radical (unpaired) electrons. The summed E-state index contributed by atoms with van der Waals surface area (Å²) in [7, 11) is 0. The third-order valence-electron chi connectivity index (χ3n) is 7.94. The zero-order valence-electron chi connectivity index (χ0n) is 20.0. The molecule has 2 aliphatic carbocycles. The molecule has 5 rings (SSSR count). The minimum Gasteiger partial charge on any atom is -0.481 e. The van der Waals surface area contributed by atoms with Crippen molar-refractivity contribution in [3.8, 4) is 11.1 Å². The molecule has 2 aromatic rings. The minimum atomic E-state index is -0.735. The van der Waals surface area contributed by atoms with Crippen LogP contribution in [0.1, 0.15) is 43.2 Å². The Labute approximate surface area is 205 Å². The van der Waals surface area contributed by atoms with Crippen molar-refractivity contribution in [1.29, 1.82) is 0 Å². The maximum atomic E-state index is 12.8. The number of ether oxygens (including phenoxy) is 1. The molecule has 2 fully saturated rings. The van der Waals surface area contributed by atoms with Gasteiger partial charge in [-0.3, -0.25) is 9.59 Å². The number of carboxylic acid groups (broad SMARTS) is 1. The standard InChI is InChI=1S/C28H32N2O5/c1-17(26(31)30-14-12-22-23(15-30)25(22)27(32)33)7-6-13-29-28(34)35-16-24-20-10-4-2-8-18(20)19-9-3-5-11-21(19)24/h2-5,8-11,17,22-25H,6-7,12-16H2,1H3,(H,29,34)(H,32,33)/t17?,22-,23+,25?/m0/s1. The zero-order chi connectivity index (χ0) is 24.5. The molecule has 0 bridgehead atoms. The first-order chi connectivity index (χ1) is 17.0. The van der Waals surface area contributed by atoms with Crippen molar-refractivity contribution in [2.45, 2.75) is 32.1 Å². The highest BCUT2D eigenvalue weighted by molar-refractivity contribution is 5.80. The van der Waals surface area contributed by atoms with E-state index in [1.54, 1.807) is 0 Å². The number of piperidine rings is 1. The lowest BCUT2D eigenvalue weighted by Gasteiger charge is -2.29. The van der Waals surface area contributed by atoms with E-state index in [0.29, 0.717) is 32.5 Å². The number of amides is 2. The second kappa shape index (κ2) is 9.72. The minimum absolute atomic E-state index is 0.0297. The summed E-state index contributed by atoms with van der Waals surface area (Å²) in [5.41, 5.74) is 4.75. The largest absolute Gasteiger partial charge is 0.481 e. The summed E-state index contributed by atoms with van der Waals surface area (Å²) < 4.78 is 5.56. The fourth-order valence-corrected chi connectivity index (χ4v) is 5.99. The molecule has 2 unspecified atom stereocenters. The van der Waals surface area contributed by atoms with Crippen LogP contribution in [0.25, 0.3) is 11.1 Å². The highest BCUT2D eigenvalue weighted by atomic mass is 16.5. The van der Waals surface area contributed by atoms with Gasteiger partial charge in [0.15, 0.2) is 0 Å². The van der Waals surface area contributed by atoms with Gasteiger partial charge in [0.05, 0.1) is 5.92 Å². The molecule has 1 saturated carbocycles. The number of rotatable bonds is 8. The summed E-state index contributed by atoms with van der Waals surface area (Å²) >= 11 is 0. The summed E-state index contributed by atoms with van der Waals surface area (Å²) in [6.45, 7) is 3.83. The predicted octanol–water partition coefficient (Wildman–Crippen LogP) is 4.12. The van der Waals surface area contributed by atoms with E-state index < -0.39 is 12.1 Å². The van der Waals surface area contributed by atoms with Crippen molar-refractivity contribution in [3.05, 3.63) is 59.7 Å². The molecule has 4 atom stereocenters. The number of hydrogen-bond acceptors (Lipinski definition) is 4. The molecule has 7 heteroatoms. The van der Waals surface area contributed by atoms with E-state index in [2.05, 4.69) is 29.6 Å². The number of aliphatic carboxylic acids is 1. The first-order valence-corrected chi connectivity index (χ1v) is 12.6. The Bertz CT molecular complexity index is 1090. The molecule has 2 aromatic carbocycles. The van der Waals surface area contributed by atoms with E-state index >= 15 is 0 Å². The number of benzene rings is 2. The molecule has 3 aliphatic rings. The van der Waals surface area contributed by atoms with Gasteiger partial charge in [-0.2, -0.15) is 0 Å². The predicted molar refractivity (Wildman–Crippen MR) is 131 cm³/mol. The summed E-state index contributed by atoms with van der Waals surface area (Å²) in [5.74, 6) is -0.687. The molecule has 1 aliphatic heterocycles. The van der Waals surface area contributed by atoms with Crippen LogP contribution in [0.3, 0.4) is 0 Å². The highest BCUT2D eigenvalue weighted by Crippen LogP contribution is 2.51. The van der Waals surface area contributed by atoms with Crippen LogP contribution in [-0.2, 0) is 14.3 Å². The SMILES string of the molecule is CC(CCCNC(=O)OCC1c2ccccc2-c2ccccc21)C(=O)N1CC[C@@H]2C(C(=O)O)[C@@H]2C1. The fourth-order valence-electron chi connectivity index (χ4n) is 5.99. The molecule has 184 valence electrons. The summed E-state index contributed by atoms with van der Waals surface area (Å²) in [5, 5.41) is 12.1. The van der Waals surface area contributed by atoms with Crippen molar-refractivity contribution in [2.24, 2.45) is 23.7 Å². The maximum absolute atomic E-state index is 12.8. The Hall–Kier alpha value is -3.35. The Morgan fingerprint density at radius 3 is 2.37 bits per heavy atom. The fraction of sp³-hybridized carbons (Fsp3) is 0.464. The number of alkyl carbamates (subject to hydrolysis) is 1. The quantitative estimate of drug-likeness (QED) is 0.559. The molecular formula is C28H32N2O5. The number of carboxylic acids is 1. The monoisotopic (exact) mass is 476 g/mol. The van der Waals surface area contributed by atoms with Gasteiger partial charge in [0.2, 0.25) is 5.91 Å². The van der Waals surface area contributed by atoms with Gasteiger partial charge < -0.3 is 20.1 Å². The van der Waals surface area contributed by atoms with Crippen molar-refractivity contribution in [2.75, 3.05) is 26.2 Å². The van der Waals surface area contributed by atoms with Crippen LogP contribution in [0.4, 0.5) is 4.79 Å². The number of likely N-dealkylation sites (tertiary alicyclic amines) is 1. The lowest BCUT2D eigenvalue weighted by atomic mass is 9.98. The Balaban J connectivity index is 1.04. The van der Waals surface area contributed by atoms with Crippen molar-refractivity contribution >= 4 is 18.0 Å². The van der Waals surface area contributed by atoms with Crippen LogP contribution in [0, 0.1) is 23.7 Å². The van der Waals surface area contributed by atoms with Gasteiger partial charge in [0.1, 0.15) is 6.61 Å². The number of nitrogens with zero attached hydrogens (tertiary/aromatic N) is 1. The second-order valence-electron chi connectivity index (χ2n) is 10.1. The maximum Gasteiger partial charge on any atom is 0.407 e. The topological polar surface area (TPSA) is 95.9 Å². The highest BCUT2D eigenvalue weighted by Gasteiger charge is 2.57. The van der Waals surface area contributed by atoms with Gasteiger partial charge in [-0.05, 0) is 53.4 Å². The lowest BCUT2D eigenvalue weighted by Crippen LogP contribution is -2.40. The van der Waals surface area contributed by atoms with E-state index in [1.165, 1.54) is 22.3 Å². The van der Waals surface area contributed by atoms with Gasteiger partial charge in [-0.25, -0.2) is 4.79 Å². The zero-order valence-corrected chi connectivity index (χ0v) is 20.0. The number of hydrogen-bond donors (Lipinski definition) is 2. The smallest absolute Gasteiger partial charge is 0.407 e. The van der Waals surface area contributed by atoms with Crippen LogP contribution >= 0.6 is 0 Å². The molecule has 0 spiro atoms. The van der Waals surface area contributed by atoms with Crippen LogP contribution in [-0.4, -0.2) is 54.2 Å². The van der Waals surface area contributed by atoms with Crippen molar-refractivity contribution in [3.63, 3.8) is 0 Å². The number of fused-ring (bicyclic) bond motifs is 4. The number of carbonyl (C=O) groups is 3. The van der Waals surface area contributed by atoms with E-state index in [9.17, 15) is 19.5 Å². The van der Waals surface area contributed by atoms with Crippen molar-refractivity contribution in [1.82, 2.24) is 10.2 Å². The molecule has 1 heterocycles. The third-order valence-corrected chi connectivity index (χ3v) is 7.94. The van der Waals surface area contributed by atoms with Crippen molar-refractivity contribution < 1.29 is 24.2 Å². The third kappa shape index (κ3) is 4.64. The van der Waals surface area contributed by atoms with Crippen LogP contribution in [0.2, 0.25) is 0 Å². The van der Waals surface area contributed by atoms with Gasteiger partial charge in [-0.1, -0.05) is 55.5 Å². The number of carbonyl (C=O) groups excluding carboxylic acids is 2. The van der Waals surface area contributed by atoms with E-state index in [1.807, 2.05) is 36.1 Å². The Kier molecular flexibility index (Phi) is 6.50. The summed E-state index contributed by atoms with van der Waals surface area (Å²) in [6, 6.07) is 16.5. The first kappa shape index (κ1) is 23.4. The molecule has 0 aromatic heterocycles. The summed E-state index contributed by atoms with van der Waals surface area (Å²) in [6.07, 6.45) is 1.68. The molecule has 35 heavy (non-hydrogen) atoms. The lowest BCUT2D eigenvalue weighted by molar-refractivity contribution is -0.140. The molecular weight excluding hydrogens is 444 g/mol.